The summed E-state index contributed by atoms with van der Waals surface area (Å²) >= 11 is 0. The largest absolute Gasteiger partial charge is 0.357 e. The molecule has 1 saturated carbocycles. The molecule has 2 N–H and O–H groups in total. The van der Waals surface area contributed by atoms with Crippen LogP contribution >= 0.6 is 24.0 Å². The highest BCUT2D eigenvalue weighted by Crippen LogP contribution is 2.17. The van der Waals surface area contributed by atoms with Gasteiger partial charge in [0.15, 0.2) is 5.96 Å². The fraction of sp³-hybridized carbons (Fsp3) is 0.643. The van der Waals surface area contributed by atoms with Crippen LogP contribution in [0.25, 0.3) is 0 Å². The van der Waals surface area contributed by atoms with Crippen molar-refractivity contribution in [3.8, 4) is 0 Å². The Morgan fingerprint density at radius 1 is 1.42 bits per heavy atom. The number of nitrogens with one attached hydrogen (secondary N) is 2. The minimum absolute atomic E-state index is 0. The summed E-state index contributed by atoms with van der Waals surface area (Å²) in [4.78, 5) is 4.64. The predicted octanol–water partition coefficient (Wildman–Crippen LogP) is 2.64. The van der Waals surface area contributed by atoms with Gasteiger partial charge in [0.05, 0.1) is 6.54 Å². The highest BCUT2D eigenvalue weighted by atomic mass is 127. The van der Waals surface area contributed by atoms with E-state index < -0.39 is 0 Å². The first-order valence-corrected chi connectivity index (χ1v) is 6.93. The monoisotopic (exact) mass is 376 g/mol. The van der Waals surface area contributed by atoms with E-state index in [1.807, 2.05) is 7.05 Å². The Hall–Kier alpha value is -0.720. The molecule has 1 aliphatic rings. The molecule has 108 valence electrons. The number of hydrogen-bond acceptors (Lipinski definition) is 1. The van der Waals surface area contributed by atoms with E-state index in [4.69, 9.17) is 0 Å². The highest BCUT2D eigenvalue weighted by molar-refractivity contribution is 14.0. The summed E-state index contributed by atoms with van der Waals surface area (Å²) in [5, 5.41) is 6.84. The topological polar surface area (TPSA) is 41.4 Å². The first-order valence-electron chi connectivity index (χ1n) is 6.93. The molecule has 19 heavy (non-hydrogen) atoms. The number of guanidine groups is 1. The Kier molecular flexibility index (Phi) is 7.27. The van der Waals surface area contributed by atoms with Gasteiger partial charge in [-0.05, 0) is 31.4 Å². The molecule has 0 bridgehead atoms. The van der Waals surface area contributed by atoms with Gasteiger partial charge in [-0.15, -0.1) is 24.0 Å². The van der Waals surface area contributed by atoms with Crippen LogP contribution in [-0.4, -0.2) is 23.1 Å². The van der Waals surface area contributed by atoms with Crippen molar-refractivity contribution >= 4 is 29.9 Å². The van der Waals surface area contributed by atoms with E-state index in [2.05, 4.69) is 45.6 Å². The summed E-state index contributed by atoms with van der Waals surface area (Å²) in [6.45, 7) is 3.75. The zero-order chi connectivity index (χ0) is 12.8. The third-order valence-corrected chi connectivity index (χ3v) is 3.35. The summed E-state index contributed by atoms with van der Waals surface area (Å²) < 4.78 is 2.06. The lowest BCUT2D eigenvalue weighted by molar-refractivity contribution is 0.614. The molecule has 1 aromatic heterocycles. The standard InChI is InChI=1S/C14H24N4.HI/c1-3-15-14(17-13-6-4-5-7-13)16-10-12-8-9-18(2)11-12;/h8-9,11,13H,3-7,10H2,1-2H3,(H2,15,16,17);1H. The van der Waals surface area contributed by atoms with Crippen molar-refractivity contribution in [3.63, 3.8) is 0 Å². The molecule has 0 saturated heterocycles. The van der Waals surface area contributed by atoms with Crippen molar-refractivity contribution in [3.05, 3.63) is 24.0 Å². The average Bonchev–Trinajstić information content (AvgIpc) is 2.98. The van der Waals surface area contributed by atoms with Gasteiger partial charge in [0.1, 0.15) is 0 Å². The molecule has 0 atom stereocenters. The minimum atomic E-state index is 0. The van der Waals surface area contributed by atoms with Gasteiger partial charge >= 0.3 is 0 Å². The Morgan fingerprint density at radius 3 is 2.74 bits per heavy atom. The van der Waals surface area contributed by atoms with Gasteiger partial charge in [-0.3, -0.25) is 0 Å². The van der Waals surface area contributed by atoms with Crippen molar-refractivity contribution in [2.75, 3.05) is 6.54 Å². The SMILES string of the molecule is CCNC(=NCc1ccn(C)c1)NC1CCCC1.I. The summed E-state index contributed by atoms with van der Waals surface area (Å²) in [6.07, 6.45) is 9.40. The van der Waals surface area contributed by atoms with Crippen LogP contribution in [0.5, 0.6) is 0 Å². The molecule has 1 fully saturated rings. The number of hydrogen-bond donors (Lipinski definition) is 2. The molecule has 2 rings (SSSR count). The van der Waals surface area contributed by atoms with E-state index in [0.29, 0.717) is 6.04 Å². The maximum atomic E-state index is 4.64. The van der Waals surface area contributed by atoms with Crippen molar-refractivity contribution < 1.29 is 0 Å². The lowest BCUT2D eigenvalue weighted by Gasteiger charge is -2.16. The van der Waals surface area contributed by atoms with Crippen molar-refractivity contribution in [2.24, 2.45) is 12.0 Å². The molecular weight excluding hydrogens is 351 g/mol. The van der Waals surface area contributed by atoms with Gasteiger partial charge in [-0.25, -0.2) is 4.99 Å². The fourth-order valence-corrected chi connectivity index (χ4v) is 2.41. The number of aromatic nitrogens is 1. The highest BCUT2D eigenvalue weighted by Gasteiger charge is 2.15. The lowest BCUT2D eigenvalue weighted by atomic mass is 10.2. The number of halogens is 1. The lowest BCUT2D eigenvalue weighted by Crippen LogP contribution is -2.42. The fourth-order valence-electron chi connectivity index (χ4n) is 2.41. The molecule has 0 spiro atoms. The Bertz CT molecular complexity index is 394. The smallest absolute Gasteiger partial charge is 0.191 e. The number of rotatable bonds is 4. The van der Waals surface area contributed by atoms with Crippen LogP contribution in [0.1, 0.15) is 38.2 Å². The molecule has 0 aromatic carbocycles. The number of nitrogens with zero attached hydrogens (tertiary/aromatic N) is 2. The van der Waals surface area contributed by atoms with E-state index in [1.165, 1.54) is 31.2 Å². The van der Waals surface area contributed by atoms with Crippen LogP contribution < -0.4 is 10.6 Å². The zero-order valence-electron chi connectivity index (χ0n) is 11.9. The quantitative estimate of drug-likeness (QED) is 0.482. The van der Waals surface area contributed by atoms with E-state index in [-0.39, 0.29) is 24.0 Å². The van der Waals surface area contributed by atoms with Crippen molar-refractivity contribution in [1.82, 2.24) is 15.2 Å². The molecule has 5 heteroatoms. The van der Waals surface area contributed by atoms with Gasteiger partial charge in [0, 0.05) is 32.0 Å². The second kappa shape index (κ2) is 8.45. The van der Waals surface area contributed by atoms with E-state index >= 15 is 0 Å². The third-order valence-electron chi connectivity index (χ3n) is 3.35. The Balaban J connectivity index is 0.00000180. The second-order valence-electron chi connectivity index (χ2n) is 5.01. The van der Waals surface area contributed by atoms with Crippen LogP contribution in [0.4, 0.5) is 0 Å². The number of aliphatic imine (C=N–C) groups is 1. The maximum absolute atomic E-state index is 4.64. The predicted molar refractivity (Wildman–Crippen MR) is 91.0 cm³/mol. The van der Waals surface area contributed by atoms with Gasteiger partial charge in [-0.1, -0.05) is 12.8 Å². The molecule has 1 heterocycles. The van der Waals surface area contributed by atoms with Crippen LogP contribution in [0, 0.1) is 0 Å². The Morgan fingerprint density at radius 2 is 2.16 bits per heavy atom. The summed E-state index contributed by atoms with van der Waals surface area (Å²) in [7, 11) is 2.04. The van der Waals surface area contributed by atoms with Crippen molar-refractivity contribution in [2.45, 2.75) is 45.2 Å². The summed E-state index contributed by atoms with van der Waals surface area (Å²) in [5.41, 5.74) is 1.25. The van der Waals surface area contributed by atoms with Gasteiger partial charge < -0.3 is 15.2 Å². The van der Waals surface area contributed by atoms with Gasteiger partial charge in [0.2, 0.25) is 0 Å². The van der Waals surface area contributed by atoms with Crippen LogP contribution in [0.3, 0.4) is 0 Å². The Labute approximate surface area is 133 Å². The average molecular weight is 376 g/mol. The van der Waals surface area contributed by atoms with Gasteiger partial charge in [-0.2, -0.15) is 0 Å². The molecule has 0 unspecified atom stereocenters. The first-order chi connectivity index (χ1) is 8.78. The van der Waals surface area contributed by atoms with Crippen LogP contribution in [-0.2, 0) is 13.6 Å². The van der Waals surface area contributed by atoms with Gasteiger partial charge in [0.25, 0.3) is 0 Å². The zero-order valence-corrected chi connectivity index (χ0v) is 14.2. The third kappa shape index (κ3) is 5.42. The molecule has 1 aliphatic carbocycles. The molecule has 0 aliphatic heterocycles. The molecule has 0 radical (unpaired) electrons. The van der Waals surface area contributed by atoms with E-state index in [1.54, 1.807) is 0 Å². The normalized spacial score (nSPS) is 16.2. The molecular formula is C14H25IN4. The second-order valence-corrected chi connectivity index (χ2v) is 5.01. The number of aryl methyl sites for hydroxylation is 1. The van der Waals surface area contributed by atoms with Crippen LogP contribution in [0.15, 0.2) is 23.5 Å². The van der Waals surface area contributed by atoms with Crippen LogP contribution in [0.2, 0.25) is 0 Å². The van der Waals surface area contributed by atoms with E-state index in [0.717, 1.165) is 19.0 Å². The summed E-state index contributed by atoms with van der Waals surface area (Å²) in [6, 6.07) is 2.72. The molecule has 0 amide bonds. The molecule has 1 aromatic rings. The van der Waals surface area contributed by atoms with Crippen molar-refractivity contribution in [1.29, 1.82) is 0 Å². The molecule has 4 nitrogen and oxygen atoms in total. The first kappa shape index (κ1) is 16.3. The maximum Gasteiger partial charge on any atom is 0.191 e. The minimum Gasteiger partial charge on any atom is -0.357 e. The van der Waals surface area contributed by atoms with E-state index in [9.17, 15) is 0 Å². The summed E-state index contributed by atoms with van der Waals surface area (Å²) in [5.74, 6) is 0.952.